The Labute approximate surface area is 199 Å². The van der Waals surface area contributed by atoms with Crippen LogP contribution in [0.1, 0.15) is 17.3 Å². The fourth-order valence-corrected chi connectivity index (χ4v) is 5.94. The predicted octanol–water partition coefficient (Wildman–Crippen LogP) is 2.17. The van der Waals surface area contributed by atoms with E-state index < -0.39 is 27.7 Å². The minimum Gasteiger partial charge on any atom is -0.465 e. The van der Waals surface area contributed by atoms with Crippen LogP contribution in [-0.4, -0.2) is 62.1 Å². The van der Waals surface area contributed by atoms with Gasteiger partial charge in [0.25, 0.3) is 5.91 Å². The molecule has 1 aliphatic rings. The molecule has 0 atom stereocenters. The van der Waals surface area contributed by atoms with Gasteiger partial charge in [-0.15, -0.1) is 0 Å². The Morgan fingerprint density at radius 2 is 1.85 bits per heavy atom. The highest BCUT2D eigenvalue weighted by Gasteiger charge is 2.26. The van der Waals surface area contributed by atoms with Crippen molar-refractivity contribution in [3.05, 3.63) is 58.6 Å². The smallest absolute Gasteiger partial charge is 0.326 e. The highest BCUT2D eigenvalue weighted by Crippen LogP contribution is 2.20. The van der Waals surface area contributed by atoms with E-state index in [1.165, 1.54) is 51.3 Å². The fraction of sp³-hybridized carbons (Fsp3) is 0.318. The number of ether oxygens (including phenoxy) is 2. The van der Waals surface area contributed by atoms with Gasteiger partial charge >= 0.3 is 5.97 Å². The van der Waals surface area contributed by atoms with Crippen molar-refractivity contribution in [2.45, 2.75) is 18.4 Å². The molecule has 0 saturated carbocycles. The topological polar surface area (TPSA) is 107 Å². The summed E-state index contributed by atoms with van der Waals surface area (Å²) in [7, 11) is -3.69. The normalized spacial score (nSPS) is 15.5. The molecule has 3 aromatic rings. The third-order valence-corrected chi connectivity index (χ3v) is 8.10. The highest BCUT2D eigenvalue weighted by molar-refractivity contribution is 7.89. The first-order valence-corrected chi connectivity index (χ1v) is 12.8. The summed E-state index contributed by atoms with van der Waals surface area (Å²) in [6, 6.07) is 9.58. The van der Waals surface area contributed by atoms with Gasteiger partial charge < -0.3 is 14.0 Å². The van der Waals surface area contributed by atoms with Crippen molar-refractivity contribution >= 4 is 43.5 Å². The van der Waals surface area contributed by atoms with Gasteiger partial charge in [-0.1, -0.05) is 11.3 Å². The van der Waals surface area contributed by atoms with Crippen LogP contribution in [0.15, 0.2) is 52.4 Å². The van der Waals surface area contributed by atoms with E-state index in [2.05, 4.69) is 4.99 Å². The van der Waals surface area contributed by atoms with Crippen LogP contribution in [0.3, 0.4) is 0 Å². The lowest BCUT2D eigenvalue weighted by molar-refractivity contribution is -0.143. The van der Waals surface area contributed by atoms with Gasteiger partial charge in [-0.2, -0.15) is 9.30 Å². The molecule has 1 aliphatic heterocycles. The molecule has 1 saturated heterocycles. The molecule has 1 amide bonds. The third kappa shape index (κ3) is 5.09. The van der Waals surface area contributed by atoms with Crippen molar-refractivity contribution in [3.8, 4) is 0 Å². The number of halogens is 1. The van der Waals surface area contributed by atoms with E-state index in [-0.39, 0.29) is 41.5 Å². The second kappa shape index (κ2) is 10.1. The number of morpholine rings is 1. The van der Waals surface area contributed by atoms with Gasteiger partial charge in [0.1, 0.15) is 12.4 Å². The Kier molecular flexibility index (Phi) is 7.22. The maximum Gasteiger partial charge on any atom is 0.326 e. The number of fused-ring (bicyclic) bond motifs is 1. The van der Waals surface area contributed by atoms with Crippen LogP contribution in [0.5, 0.6) is 0 Å². The first-order valence-electron chi connectivity index (χ1n) is 10.5. The molecule has 0 N–H and O–H groups in total. The van der Waals surface area contributed by atoms with Gasteiger partial charge in [0.05, 0.1) is 34.9 Å². The monoisotopic (exact) mass is 507 g/mol. The summed E-state index contributed by atoms with van der Waals surface area (Å²) in [6.45, 7) is 2.89. The zero-order chi connectivity index (χ0) is 24.3. The van der Waals surface area contributed by atoms with Gasteiger partial charge in [0.2, 0.25) is 10.0 Å². The number of benzene rings is 2. The first kappa shape index (κ1) is 24.2. The van der Waals surface area contributed by atoms with Gasteiger partial charge in [-0.05, 0) is 49.4 Å². The summed E-state index contributed by atoms with van der Waals surface area (Å²) in [4.78, 5) is 29.3. The molecule has 180 valence electrons. The van der Waals surface area contributed by atoms with Crippen LogP contribution in [0.4, 0.5) is 4.39 Å². The number of carbonyl (C=O) groups excluding carboxylic acids is 2. The molecule has 12 heteroatoms. The Balaban J connectivity index is 1.66. The SMILES string of the molecule is CCOC(=O)Cn1c(=NC(=O)c2ccc(S(=O)(=O)N3CCOCC3)cc2)sc2cc(F)ccc21. The van der Waals surface area contributed by atoms with E-state index in [1.54, 1.807) is 6.92 Å². The number of aromatic nitrogens is 1. The number of nitrogens with zero attached hydrogens (tertiary/aromatic N) is 3. The molecule has 0 aliphatic carbocycles. The van der Waals surface area contributed by atoms with Crippen LogP contribution in [0.25, 0.3) is 10.2 Å². The average molecular weight is 508 g/mol. The Hall–Kier alpha value is -2.93. The number of hydrogen-bond acceptors (Lipinski definition) is 7. The van der Waals surface area contributed by atoms with Crippen LogP contribution in [-0.2, 0) is 30.8 Å². The van der Waals surface area contributed by atoms with Crippen molar-refractivity contribution in [2.75, 3.05) is 32.9 Å². The second-order valence-electron chi connectivity index (χ2n) is 7.35. The van der Waals surface area contributed by atoms with E-state index in [0.717, 1.165) is 11.3 Å². The molecule has 4 rings (SSSR count). The number of thiazole rings is 1. The zero-order valence-corrected chi connectivity index (χ0v) is 19.9. The summed E-state index contributed by atoms with van der Waals surface area (Å²) in [5, 5.41) is 0. The fourth-order valence-electron chi connectivity index (χ4n) is 3.48. The van der Waals surface area contributed by atoms with E-state index >= 15 is 0 Å². The zero-order valence-electron chi connectivity index (χ0n) is 18.3. The summed E-state index contributed by atoms with van der Waals surface area (Å²) in [6.07, 6.45) is 0. The van der Waals surface area contributed by atoms with Gasteiger partial charge in [0, 0.05) is 18.7 Å². The quantitative estimate of drug-likeness (QED) is 0.474. The molecular weight excluding hydrogens is 485 g/mol. The maximum atomic E-state index is 13.7. The van der Waals surface area contributed by atoms with E-state index in [4.69, 9.17) is 9.47 Å². The van der Waals surface area contributed by atoms with Crippen molar-refractivity contribution in [1.29, 1.82) is 0 Å². The Bertz CT molecular complexity index is 1390. The number of hydrogen-bond donors (Lipinski definition) is 0. The second-order valence-corrected chi connectivity index (χ2v) is 10.3. The van der Waals surface area contributed by atoms with Gasteiger partial charge in [0.15, 0.2) is 4.80 Å². The van der Waals surface area contributed by atoms with E-state index in [0.29, 0.717) is 23.4 Å². The molecule has 2 aromatic carbocycles. The van der Waals surface area contributed by atoms with Crippen LogP contribution < -0.4 is 4.80 Å². The lowest BCUT2D eigenvalue weighted by Gasteiger charge is -2.26. The molecule has 0 bridgehead atoms. The number of sulfonamides is 1. The Morgan fingerprint density at radius 1 is 1.15 bits per heavy atom. The van der Waals surface area contributed by atoms with E-state index in [1.807, 2.05) is 0 Å². The predicted molar refractivity (Wildman–Crippen MR) is 122 cm³/mol. The molecule has 0 unspecified atom stereocenters. The lowest BCUT2D eigenvalue weighted by atomic mass is 10.2. The summed E-state index contributed by atoms with van der Waals surface area (Å²) >= 11 is 1.06. The van der Waals surface area contributed by atoms with Crippen LogP contribution >= 0.6 is 11.3 Å². The van der Waals surface area contributed by atoms with Crippen molar-refractivity contribution in [3.63, 3.8) is 0 Å². The molecule has 1 aromatic heterocycles. The number of amides is 1. The number of carbonyl (C=O) groups is 2. The standard InChI is InChI=1S/C22H22FN3O6S2/c1-2-32-20(27)14-26-18-8-5-16(23)13-19(18)33-22(26)24-21(28)15-3-6-17(7-4-15)34(29,30)25-9-11-31-12-10-25/h3-8,13H,2,9-12,14H2,1H3. The number of rotatable bonds is 6. The van der Waals surface area contributed by atoms with Gasteiger partial charge in [-0.25, -0.2) is 12.8 Å². The molecule has 1 fully saturated rings. The highest BCUT2D eigenvalue weighted by atomic mass is 32.2. The van der Waals surface area contributed by atoms with Crippen molar-refractivity contribution in [1.82, 2.24) is 8.87 Å². The number of esters is 1. The molecule has 2 heterocycles. The minimum absolute atomic E-state index is 0.0701. The van der Waals surface area contributed by atoms with Crippen molar-refractivity contribution in [2.24, 2.45) is 4.99 Å². The van der Waals surface area contributed by atoms with Crippen LogP contribution in [0.2, 0.25) is 0 Å². The first-order chi connectivity index (χ1) is 16.3. The summed E-state index contributed by atoms with van der Waals surface area (Å²) in [5.74, 6) is -1.59. The average Bonchev–Trinajstić information content (AvgIpc) is 3.15. The van der Waals surface area contributed by atoms with Crippen molar-refractivity contribution < 1.29 is 31.9 Å². The summed E-state index contributed by atoms with van der Waals surface area (Å²) in [5.41, 5.74) is 0.713. The molecular formula is C22H22FN3O6S2. The Morgan fingerprint density at radius 3 is 2.53 bits per heavy atom. The largest absolute Gasteiger partial charge is 0.465 e. The maximum absolute atomic E-state index is 13.7. The van der Waals surface area contributed by atoms with E-state index in [9.17, 15) is 22.4 Å². The van der Waals surface area contributed by atoms with Crippen LogP contribution in [0, 0.1) is 5.82 Å². The third-order valence-electron chi connectivity index (χ3n) is 5.14. The summed E-state index contributed by atoms with van der Waals surface area (Å²) < 4.78 is 52.8. The van der Waals surface area contributed by atoms with Gasteiger partial charge in [-0.3, -0.25) is 9.59 Å². The minimum atomic E-state index is -3.69. The lowest BCUT2D eigenvalue weighted by Crippen LogP contribution is -2.40. The molecule has 34 heavy (non-hydrogen) atoms. The molecule has 0 radical (unpaired) electrons. The molecule has 0 spiro atoms. The molecule has 9 nitrogen and oxygen atoms in total.